The maximum atomic E-state index is 13.7. The number of nitrogens with one attached hydrogen (secondary N) is 1. The Morgan fingerprint density at radius 3 is 2.22 bits per heavy atom. The van der Waals surface area contributed by atoms with Gasteiger partial charge in [-0.3, -0.25) is 9.59 Å². The van der Waals surface area contributed by atoms with Crippen molar-refractivity contribution in [3.05, 3.63) is 100 Å². The molecule has 0 aromatic heterocycles. The summed E-state index contributed by atoms with van der Waals surface area (Å²) in [5.74, 6) is 0.527. The molecule has 0 aliphatic rings. The van der Waals surface area contributed by atoms with Gasteiger partial charge in [-0.15, -0.1) is 0 Å². The fourth-order valence-corrected chi connectivity index (χ4v) is 4.52. The highest BCUT2D eigenvalue weighted by Gasteiger charge is 2.31. The first kappa shape index (κ1) is 27.5. The summed E-state index contributed by atoms with van der Waals surface area (Å²) in [5, 5.41) is 3.01. The van der Waals surface area contributed by atoms with Gasteiger partial charge in [-0.2, -0.15) is 0 Å². The van der Waals surface area contributed by atoms with Crippen LogP contribution in [0.15, 0.2) is 83.3 Å². The number of carbonyl (C=O) groups is 2. The summed E-state index contributed by atoms with van der Waals surface area (Å²) in [4.78, 5) is 28.8. The molecule has 1 N–H and O–H groups in total. The Morgan fingerprint density at radius 1 is 0.889 bits per heavy atom. The first-order valence-electron chi connectivity index (χ1n) is 12.3. The summed E-state index contributed by atoms with van der Waals surface area (Å²) in [6, 6.07) is 24.6. The van der Waals surface area contributed by atoms with Gasteiger partial charge in [0.25, 0.3) is 5.91 Å². The summed E-state index contributed by atoms with van der Waals surface area (Å²) in [5.41, 5.74) is 2.96. The van der Waals surface area contributed by atoms with Crippen LogP contribution < -0.4 is 10.1 Å². The fourth-order valence-electron chi connectivity index (χ4n) is 4.08. The SMILES string of the molecule is CC(C)NC(=O)C(Cc1ccccc1)N(Cc1cccc(Br)c1)C(=O)COc1ccccc1C(C)C. The van der Waals surface area contributed by atoms with E-state index in [1.54, 1.807) is 4.90 Å². The topological polar surface area (TPSA) is 58.6 Å². The molecule has 3 aromatic carbocycles. The molecule has 0 aliphatic heterocycles. The molecule has 0 fully saturated rings. The van der Waals surface area contributed by atoms with Gasteiger partial charge in [-0.25, -0.2) is 0 Å². The number of para-hydroxylation sites is 1. The van der Waals surface area contributed by atoms with Gasteiger partial charge in [0.15, 0.2) is 6.61 Å². The normalized spacial score (nSPS) is 11.9. The monoisotopic (exact) mass is 550 g/mol. The molecule has 5 nitrogen and oxygen atoms in total. The average molecular weight is 552 g/mol. The molecule has 1 unspecified atom stereocenters. The van der Waals surface area contributed by atoms with Crippen LogP contribution in [0.2, 0.25) is 0 Å². The standard InChI is InChI=1S/C30H35BrN2O3/c1-21(2)26-15-8-9-16-28(26)36-20-29(34)33(19-24-13-10-14-25(31)17-24)27(30(35)32-22(3)4)18-23-11-6-5-7-12-23/h5-17,21-22,27H,18-20H2,1-4H3,(H,32,35). The van der Waals surface area contributed by atoms with Crippen molar-refractivity contribution in [3.8, 4) is 5.75 Å². The lowest BCUT2D eigenvalue weighted by molar-refractivity contribution is -0.143. The van der Waals surface area contributed by atoms with E-state index in [1.807, 2.05) is 92.7 Å². The van der Waals surface area contributed by atoms with E-state index >= 15 is 0 Å². The zero-order chi connectivity index (χ0) is 26.1. The van der Waals surface area contributed by atoms with Gasteiger partial charge in [0.05, 0.1) is 0 Å². The predicted molar refractivity (Wildman–Crippen MR) is 148 cm³/mol. The first-order chi connectivity index (χ1) is 17.2. The van der Waals surface area contributed by atoms with Gasteiger partial charge < -0.3 is 15.0 Å². The van der Waals surface area contributed by atoms with Gasteiger partial charge >= 0.3 is 0 Å². The number of benzene rings is 3. The number of rotatable bonds is 11. The van der Waals surface area contributed by atoms with Gasteiger partial charge in [0.2, 0.25) is 5.91 Å². The Bertz CT molecular complexity index is 1150. The number of ether oxygens (including phenoxy) is 1. The zero-order valence-corrected chi connectivity index (χ0v) is 23.0. The average Bonchev–Trinajstić information content (AvgIpc) is 2.85. The molecule has 0 radical (unpaired) electrons. The molecule has 0 heterocycles. The number of hydrogen-bond donors (Lipinski definition) is 1. The van der Waals surface area contributed by atoms with Crippen molar-refractivity contribution >= 4 is 27.7 Å². The van der Waals surface area contributed by atoms with E-state index in [-0.39, 0.29) is 36.9 Å². The molecule has 36 heavy (non-hydrogen) atoms. The molecule has 3 aromatic rings. The predicted octanol–water partition coefficient (Wildman–Crippen LogP) is 6.12. The third-order valence-electron chi connectivity index (χ3n) is 5.84. The van der Waals surface area contributed by atoms with E-state index in [9.17, 15) is 9.59 Å². The third-order valence-corrected chi connectivity index (χ3v) is 6.33. The van der Waals surface area contributed by atoms with Crippen LogP contribution >= 0.6 is 15.9 Å². The second kappa shape index (κ2) is 13.3. The molecule has 0 saturated carbocycles. The molecule has 0 saturated heterocycles. The van der Waals surface area contributed by atoms with Crippen LogP contribution in [0.4, 0.5) is 0 Å². The van der Waals surface area contributed by atoms with Crippen molar-refractivity contribution in [3.63, 3.8) is 0 Å². The van der Waals surface area contributed by atoms with E-state index in [4.69, 9.17) is 4.74 Å². The molecule has 0 aliphatic carbocycles. The largest absolute Gasteiger partial charge is 0.483 e. The summed E-state index contributed by atoms with van der Waals surface area (Å²) < 4.78 is 6.95. The number of nitrogens with zero attached hydrogens (tertiary/aromatic N) is 1. The highest BCUT2D eigenvalue weighted by molar-refractivity contribution is 9.10. The summed E-state index contributed by atoms with van der Waals surface area (Å²) >= 11 is 3.52. The van der Waals surface area contributed by atoms with Crippen molar-refractivity contribution < 1.29 is 14.3 Å². The Labute approximate surface area is 223 Å². The highest BCUT2D eigenvalue weighted by Crippen LogP contribution is 2.26. The zero-order valence-electron chi connectivity index (χ0n) is 21.4. The first-order valence-corrected chi connectivity index (χ1v) is 13.1. The lowest BCUT2D eigenvalue weighted by atomic mass is 10.0. The lowest BCUT2D eigenvalue weighted by Gasteiger charge is -2.32. The van der Waals surface area contributed by atoms with Crippen molar-refractivity contribution in [2.75, 3.05) is 6.61 Å². The third kappa shape index (κ3) is 7.95. The molecule has 190 valence electrons. The van der Waals surface area contributed by atoms with E-state index in [2.05, 4.69) is 35.1 Å². The number of amides is 2. The molecule has 3 rings (SSSR count). The van der Waals surface area contributed by atoms with E-state index < -0.39 is 6.04 Å². The van der Waals surface area contributed by atoms with E-state index in [0.717, 1.165) is 21.2 Å². The molecule has 6 heteroatoms. The second-order valence-corrected chi connectivity index (χ2v) is 10.4. The number of halogens is 1. The minimum absolute atomic E-state index is 0.0484. The second-order valence-electron chi connectivity index (χ2n) is 9.50. The summed E-state index contributed by atoms with van der Waals surface area (Å²) in [6.07, 6.45) is 0.404. The minimum Gasteiger partial charge on any atom is -0.483 e. The van der Waals surface area contributed by atoms with Crippen LogP contribution in [0.25, 0.3) is 0 Å². The Hall–Kier alpha value is -3.12. The van der Waals surface area contributed by atoms with Crippen LogP contribution in [0, 0.1) is 0 Å². The highest BCUT2D eigenvalue weighted by atomic mass is 79.9. The van der Waals surface area contributed by atoms with Crippen LogP contribution in [0.5, 0.6) is 5.75 Å². The molecular weight excluding hydrogens is 516 g/mol. The van der Waals surface area contributed by atoms with Crippen LogP contribution in [-0.2, 0) is 22.6 Å². The van der Waals surface area contributed by atoms with Gasteiger partial charge in [0, 0.05) is 23.5 Å². The van der Waals surface area contributed by atoms with Crippen LogP contribution in [-0.4, -0.2) is 35.4 Å². The van der Waals surface area contributed by atoms with Gasteiger partial charge in [-0.05, 0) is 54.7 Å². The molecule has 1 atom stereocenters. The van der Waals surface area contributed by atoms with Gasteiger partial charge in [0.1, 0.15) is 11.8 Å². The van der Waals surface area contributed by atoms with Crippen molar-refractivity contribution in [2.45, 2.75) is 58.7 Å². The minimum atomic E-state index is -0.690. The van der Waals surface area contributed by atoms with Crippen molar-refractivity contribution in [2.24, 2.45) is 0 Å². The van der Waals surface area contributed by atoms with Crippen LogP contribution in [0.3, 0.4) is 0 Å². The van der Waals surface area contributed by atoms with Crippen LogP contribution in [0.1, 0.15) is 50.3 Å². The van der Waals surface area contributed by atoms with Crippen molar-refractivity contribution in [1.29, 1.82) is 0 Å². The molecule has 2 amide bonds. The maximum absolute atomic E-state index is 13.7. The fraction of sp³-hybridized carbons (Fsp3) is 0.333. The summed E-state index contributed by atoms with van der Waals surface area (Å²) in [6.45, 7) is 8.16. The maximum Gasteiger partial charge on any atom is 0.261 e. The smallest absolute Gasteiger partial charge is 0.261 e. The Morgan fingerprint density at radius 2 is 1.56 bits per heavy atom. The molecule has 0 bridgehead atoms. The van der Waals surface area contributed by atoms with E-state index in [0.29, 0.717) is 12.2 Å². The van der Waals surface area contributed by atoms with E-state index in [1.165, 1.54) is 0 Å². The molecule has 0 spiro atoms. The van der Waals surface area contributed by atoms with Gasteiger partial charge in [-0.1, -0.05) is 90.4 Å². The Balaban J connectivity index is 1.93. The quantitative estimate of drug-likeness (QED) is 0.313. The number of hydrogen-bond acceptors (Lipinski definition) is 3. The Kier molecular flexibility index (Phi) is 10.1. The number of carbonyl (C=O) groups excluding carboxylic acids is 2. The summed E-state index contributed by atoms with van der Waals surface area (Å²) in [7, 11) is 0. The van der Waals surface area contributed by atoms with Crippen molar-refractivity contribution in [1.82, 2.24) is 10.2 Å². The lowest BCUT2D eigenvalue weighted by Crippen LogP contribution is -2.52. The molecular formula is C30H35BrN2O3.